The first kappa shape index (κ1) is 85.1. The summed E-state index contributed by atoms with van der Waals surface area (Å²) in [6.07, 6.45) is 44.8. The monoisotopic (exact) mass is 1280 g/mol. The Hall–Kier alpha value is -1.94. The Morgan fingerprint density at radius 3 is 0.782 bits per heavy atom. The fourth-order valence-electron chi connectivity index (χ4n) is 10.2. The van der Waals surface area contributed by atoms with E-state index in [1.165, 1.54) is 154 Å². The number of hydrogen-bond donors (Lipinski definition) is 3. The lowest BCUT2D eigenvalue weighted by atomic mass is 10.0. The normalized spacial score (nSPS) is 14.2. The van der Waals surface area contributed by atoms with Gasteiger partial charge in [-0.15, -0.1) is 0 Å². The van der Waals surface area contributed by atoms with Gasteiger partial charge in [-0.1, -0.05) is 292 Å². The summed E-state index contributed by atoms with van der Waals surface area (Å²) in [7, 11) is -9.89. The number of carbonyl (C=O) groups is 4. The average Bonchev–Trinajstić information content (AvgIpc) is 3.70. The average molecular weight is 1280 g/mol. The zero-order valence-corrected chi connectivity index (χ0v) is 58.1. The topological polar surface area (TPSA) is 237 Å². The molecule has 0 fully saturated rings. The number of aliphatic hydroxyl groups excluding tert-OH is 1. The zero-order valence-electron chi connectivity index (χ0n) is 56.3. The van der Waals surface area contributed by atoms with E-state index in [0.717, 1.165) is 108 Å². The van der Waals surface area contributed by atoms with Crippen LogP contribution in [0.5, 0.6) is 0 Å². The van der Waals surface area contributed by atoms with Gasteiger partial charge in [-0.25, -0.2) is 9.13 Å². The van der Waals surface area contributed by atoms with Crippen molar-refractivity contribution in [2.45, 2.75) is 362 Å². The third-order valence-electron chi connectivity index (χ3n) is 15.7. The lowest BCUT2D eigenvalue weighted by Crippen LogP contribution is -2.30. The summed E-state index contributed by atoms with van der Waals surface area (Å²) in [6, 6.07) is 0. The number of phosphoric acid groups is 2. The number of unbranched alkanes of at least 4 members (excludes halogenated alkanes) is 37. The molecule has 0 saturated heterocycles. The Kier molecular flexibility index (Phi) is 59.0. The molecule has 0 aliphatic carbocycles. The Bertz CT molecular complexity index is 1700. The minimum Gasteiger partial charge on any atom is -0.462 e. The first-order valence-corrected chi connectivity index (χ1v) is 38.5. The number of rotatable bonds is 67. The van der Waals surface area contributed by atoms with Crippen molar-refractivity contribution in [3.63, 3.8) is 0 Å². The first-order valence-electron chi connectivity index (χ1n) is 35.5. The van der Waals surface area contributed by atoms with Crippen molar-refractivity contribution in [3.05, 3.63) is 0 Å². The van der Waals surface area contributed by atoms with Crippen LogP contribution in [0.3, 0.4) is 0 Å². The van der Waals surface area contributed by atoms with Crippen molar-refractivity contribution >= 4 is 39.5 Å². The summed E-state index contributed by atoms with van der Waals surface area (Å²) in [5, 5.41) is 10.5. The molecule has 17 nitrogen and oxygen atoms in total. The summed E-state index contributed by atoms with van der Waals surface area (Å²) in [4.78, 5) is 72.2. The van der Waals surface area contributed by atoms with E-state index >= 15 is 0 Å². The molecule has 0 amide bonds. The van der Waals surface area contributed by atoms with Crippen LogP contribution in [0.2, 0.25) is 0 Å². The van der Waals surface area contributed by atoms with Gasteiger partial charge >= 0.3 is 39.5 Å². The van der Waals surface area contributed by atoms with Crippen LogP contribution in [0.15, 0.2) is 0 Å². The van der Waals surface area contributed by atoms with Crippen molar-refractivity contribution in [3.8, 4) is 0 Å². The van der Waals surface area contributed by atoms with Gasteiger partial charge in [0.05, 0.1) is 26.4 Å². The molecule has 2 unspecified atom stereocenters. The van der Waals surface area contributed by atoms with Crippen molar-refractivity contribution < 1.29 is 80.2 Å². The second-order valence-electron chi connectivity index (χ2n) is 25.5. The largest absolute Gasteiger partial charge is 0.472 e. The van der Waals surface area contributed by atoms with E-state index in [1.807, 2.05) is 0 Å². The van der Waals surface area contributed by atoms with E-state index in [9.17, 15) is 43.2 Å². The van der Waals surface area contributed by atoms with Crippen molar-refractivity contribution in [2.24, 2.45) is 11.8 Å². The number of esters is 4. The number of hydrogen-bond acceptors (Lipinski definition) is 15. The van der Waals surface area contributed by atoms with E-state index in [1.54, 1.807) is 0 Å². The molecule has 516 valence electrons. The van der Waals surface area contributed by atoms with E-state index in [2.05, 4.69) is 41.5 Å². The van der Waals surface area contributed by atoms with Crippen LogP contribution in [0, 0.1) is 11.8 Å². The highest BCUT2D eigenvalue weighted by atomic mass is 31.2. The van der Waals surface area contributed by atoms with Crippen molar-refractivity contribution in [1.29, 1.82) is 0 Å². The lowest BCUT2D eigenvalue weighted by molar-refractivity contribution is -0.161. The summed E-state index contributed by atoms with van der Waals surface area (Å²) < 4.78 is 68.0. The Labute approximate surface area is 530 Å². The van der Waals surface area contributed by atoms with Gasteiger partial charge in [-0.2, -0.15) is 0 Å². The van der Waals surface area contributed by atoms with Crippen LogP contribution >= 0.6 is 15.6 Å². The van der Waals surface area contributed by atoms with Crippen molar-refractivity contribution in [1.82, 2.24) is 0 Å². The summed E-state index contributed by atoms with van der Waals surface area (Å²) in [5.41, 5.74) is 0. The standard InChI is InChI=1S/C68H132O17P2/c1-7-9-11-13-14-15-16-17-20-23-28-33-39-45-51-66(71)79-57-64(85-67(72)52-46-40-34-29-24-21-18-19-22-26-31-37-42-48-60(3)4)59-83-87(76,77)81-55-62(69)54-80-86(74,75)82-58-63(56-78-65(70)50-44-36-12-10-8-2)84-68(73)53-47-41-35-30-25-27-32-38-43-49-61(5)6/h60-64,69H,7-59H2,1-6H3,(H,74,75)(H,76,77)/t62-,63+,64+/m0/s1. The molecule has 0 aliphatic heterocycles. The fourth-order valence-corrected chi connectivity index (χ4v) is 11.8. The molecule has 5 atom stereocenters. The fraction of sp³-hybridized carbons (Fsp3) is 0.941. The van der Waals surface area contributed by atoms with E-state index in [0.29, 0.717) is 25.7 Å². The lowest BCUT2D eigenvalue weighted by Gasteiger charge is -2.21. The molecule has 0 aromatic carbocycles. The maximum absolute atomic E-state index is 13.0. The van der Waals surface area contributed by atoms with Gasteiger partial charge < -0.3 is 33.8 Å². The number of ether oxygens (including phenoxy) is 4. The molecule has 0 rings (SSSR count). The highest BCUT2D eigenvalue weighted by molar-refractivity contribution is 7.47. The second kappa shape index (κ2) is 60.3. The smallest absolute Gasteiger partial charge is 0.462 e. The predicted octanol–water partition coefficient (Wildman–Crippen LogP) is 19.2. The minimum atomic E-state index is -4.95. The highest BCUT2D eigenvalue weighted by Gasteiger charge is 2.30. The maximum atomic E-state index is 13.0. The third kappa shape index (κ3) is 62.6. The molecule has 0 saturated carbocycles. The van der Waals surface area contributed by atoms with Gasteiger partial charge in [0.25, 0.3) is 0 Å². The first-order chi connectivity index (χ1) is 41.9. The molecular weight excluding hydrogens is 1150 g/mol. The summed E-state index contributed by atoms with van der Waals surface area (Å²) >= 11 is 0. The maximum Gasteiger partial charge on any atom is 0.472 e. The minimum absolute atomic E-state index is 0.104. The van der Waals surface area contributed by atoms with Crippen LogP contribution in [-0.4, -0.2) is 96.7 Å². The molecule has 3 N–H and O–H groups in total. The quantitative estimate of drug-likeness (QED) is 0.0222. The molecule has 0 radical (unpaired) electrons. The van der Waals surface area contributed by atoms with E-state index in [-0.39, 0.29) is 25.7 Å². The van der Waals surface area contributed by atoms with Gasteiger partial charge in [0, 0.05) is 25.7 Å². The molecule has 87 heavy (non-hydrogen) atoms. The number of carbonyl (C=O) groups excluding carboxylic acids is 4. The third-order valence-corrected chi connectivity index (χ3v) is 17.6. The van der Waals surface area contributed by atoms with Crippen molar-refractivity contribution in [2.75, 3.05) is 39.6 Å². The molecule has 0 heterocycles. The molecule has 0 aromatic rings. The second-order valence-corrected chi connectivity index (χ2v) is 28.4. The molecule has 19 heteroatoms. The van der Waals surface area contributed by atoms with Crippen LogP contribution in [0.1, 0.15) is 343 Å². The van der Waals surface area contributed by atoms with E-state index < -0.39 is 97.5 Å². The molecular formula is C68H132O17P2. The summed E-state index contributed by atoms with van der Waals surface area (Å²) in [6.45, 7) is 9.44. The van der Waals surface area contributed by atoms with Crippen LogP contribution < -0.4 is 0 Å². The Morgan fingerprint density at radius 2 is 0.529 bits per heavy atom. The Balaban J connectivity index is 5.17. The number of aliphatic hydroxyl groups is 1. The highest BCUT2D eigenvalue weighted by Crippen LogP contribution is 2.45. The molecule has 0 bridgehead atoms. The number of phosphoric ester groups is 2. The molecule has 0 spiro atoms. The van der Waals surface area contributed by atoms with Gasteiger partial charge in [-0.3, -0.25) is 37.3 Å². The van der Waals surface area contributed by atoms with Gasteiger partial charge in [-0.05, 0) is 37.5 Å². The van der Waals surface area contributed by atoms with Gasteiger partial charge in [0.15, 0.2) is 12.2 Å². The summed E-state index contributed by atoms with van der Waals surface area (Å²) in [5.74, 6) is -0.614. The van der Waals surface area contributed by atoms with Crippen LogP contribution in [0.4, 0.5) is 0 Å². The SMILES string of the molecule is CCCCCCCCCCCCCCCCC(=O)OC[C@H](COP(=O)(O)OC[C@@H](O)COP(=O)(O)OC[C@@H](COC(=O)CCCCCCC)OC(=O)CCCCCCCCCCCC(C)C)OC(=O)CCCCCCCCCCCCCCCC(C)C. The van der Waals surface area contributed by atoms with Crippen LogP contribution in [-0.2, 0) is 65.4 Å². The molecule has 0 aromatic heterocycles. The predicted molar refractivity (Wildman–Crippen MR) is 349 cm³/mol. The van der Waals surface area contributed by atoms with E-state index in [4.69, 9.17) is 37.0 Å². The zero-order chi connectivity index (χ0) is 64.3. The molecule has 0 aliphatic rings. The Morgan fingerprint density at radius 1 is 0.310 bits per heavy atom. The van der Waals surface area contributed by atoms with Gasteiger partial charge in [0.1, 0.15) is 19.3 Å². The van der Waals surface area contributed by atoms with Gasteiger partial charge in [0.2, 0.25) is 0 Å². The van der Waals surface area contributed by atoms with Crippen LogP contribution in [0.25, 0.3) is 0 Å².